The van der Waals surface area contributed by atoms with Crippen molar-refractivity contribution >= 4 is 15.9 Å². The SMILES string of the molecule is CCCCCCOc1ccc(C(C)(C)C)cc1Br. The van der Waals surface area contributed by atoms with Gasteiger partial charge in [-0.15, -0.1) is 0 Å². The van der Waals surface area contributed by atoms with Crippen molar-refractivity contribution < 1.29 is 4.74 Å². The molecule has 1 nitrogen and oxygen atoms in total. The van der Waals surface area contributed by atoms with Gasteiger partial charge in [0.15, 0.2) is 0 Å². The van der Waals surface area contributed by atoms with Crippen molar-refractivity contribution in [2.75, 3.05) is 6.61 Å². The molecular weight excluding hydrogens is 288 g/mol. The lowest BCUT2D eigenvalue weighted by Gasteiger charge is -2.20. The van der Waals surface area contributed by atoms with Crippen LogP contribution in [0.15, 0.2) is 22.7 Å². The van der Waals surface area contributed by atoms with Crippen LogP contribution in [-0.4, -0.2) is 6.61 Å². The molecule has 0 aliphatic carbocycles. The third-order valence-electron chi connectivity index (χ3n) is 3.05. The Kier molecular flexibility index (Phi) is 6.20. The highest BCUT2D eigenvalue weighted by Crippen LogP contribution is 2.31. The van der Waals surface area contributed by atoms with E-state index in [0.29, 0.717) is 0 Å². The van der Waals surface area contributed by atoms with Gasteiger partial charge in [-0.25, -0.2) is 0 Å². The number of ether oxygens (including phenoxy) is 1. The predicted octanol–water partition coefficient (Wildman–Crippen LogP) is 5.71. The molecule has 1 aromatic carbocycles. The van der Waals surface area contributed by atoms with Crippen LogP contribution < -0.4 is 4.74 Å². The van der Waals surface area contributed by atoms with Crippen LogP contribution >= 0.6 is 15.9 Å². The molecule has 0 amide bonds. The van der Waals surface area contributed by atoms with Crippen molar-refractivity contribution in [1.82, 2.24) is 0 Å². The van der Waals surface area contributed by atoms with Gasteiger partial charge in [0.25, 0.3) is 0 Å². The predicted molar refractivity (Wildman–Crippen MR) is 82.5 cm³/mol. The lowest BCUT2D eigenvalue weighted by atomic mass is 9.87. The van der Waals surface area contributed by atoms with E-state index < -0.39 is 0 Å². The second-order valence-corrected chi connectivity index (χ2v) is 6.66. The average Bonchev–Trinajstić information content (AvgIpc) is 2.29. The number of halogens is 1. The summed E-state index contributed by atoms with van der Waals surface area (Å²) >= 11 is 3.60. The van der Waals surface area contributed by atoms with Gasteiger partial charge >= 0.3 is 0 Å². The standard InChI is InChI=1S/C16H25BrO/c1-5-6-7-8-11-18-15-10-9-13(12-14(15)17)16(2,3)4/h9-10,12H,5-8,11H2,1-4H3. The Hall–Kier alpha value is -0.500. The maximum absolute atomic E-state index is 5.80. The lowest BCUT2D eigenvalue weighted by molar-refractivity contribution is 0.303. The molecule has 0 fully saturated rings. The van der Waals surface area contributed by atoms with E-state index in [9.17, 15) is 0 Å². The number of rotatable bonds is 6. The van der Waals surface area contributed by atoms with Crippen LogP contribution in [-0.2, 0) is 5.41 Å². The van der Waals surface area contributed by atoms with E-state index in [2.05, 4.69) is 61.8 Å². The number of hydrogen-bond acceptors (Lipinski definition) is 1. The molecule has 0 atom stereocenters. The second-order valence-electron chi connectivity index (χ2n) is 5.80. The molecule has 0 saturated heterocycles. The third-order valence-corrected chi connectivity index (χ3v) is 3.67. The normalized spacial score (nSPS) is 11.6. The average molecular weight is 313 g/mol. The lowest BCUT2D eigenvalue weighted by Crippen LogP contribution is -2.11. The molecule has 1 rings (SSSR count). The van der Waals surface area contributed by atoms with E-state index in [-0.39, 0.29) is 5.41 Å². The van der Waals surface area contributed by atoms with E-state index in [1.807, 2.05) is 0 Å². The largest absolute Gasteiger partial charge is 0.492 e. The Morgan fingerprint density at radius 3 is 2.39 bits per heavy atom. The highest BCUT2D eigenvalue weighted by Gasteiger charge is 2.15. The molecule has 0 spiro atoms. The van der Waals surface area contributed by atoms with Crippen LogP contribution in [0.5, 0.6) is 5.75 Å². The monoisotopic (exact) mass is 312 g/mol. The molecule has 0 radical (unpaired) electrons. The first-order valence-electron chi connectivity index (χ1n) is 6.88. The first-order valence-corrected chi connectivity index (χ1v) is 7.67. The van der Waals surface area contributed by atoms with Crippen LogP contribution in [0, 0.1) is 0 Å². The Balaban J connectivity index is 2.53. The summed E-state index contributed by atoms with van der Waals surface area (Å²) in [6, 6.07) is 6.40. The summed E-state index contributed by atoms with van der Waals surface area (Å²) in [6.45, 7) is 9.70. The topological polar surface area (TPSA) is 9.23 Å². The van der Waals surface area contributed by atoms with Gasteiger partial charge in [0.05, 0.1) is 11.1 Å². The summed E-state index contributed by atoms with van der Waals surface area (Å²) in [4.78, 5) is 0. The number of unbranched alkanes of at least 4 members (excludes halogenated alkanes) is 3. The van der Waals surface area contributed by atoms with Crippen LogP contribution in [0.1, 0.15) is 58.9 Å². The van der Waals surface area contributed by atoms with Gasteiger partial charge in [0.1, 0.15) is 5.75 Å². The van der Waals surface area contributed by atoms with Gasteiger partial charge in [0.2, 0.25) is 0 Å². The van der Waals surface area contributed by atoms with Crippen molar-refractivity contribution in [2.24, 2.45) is 0 Å². The fraction of sp³-hybridized carbons (Fsp3) is 0.625. The maximum atomic E-state index is 5.80. The third kappa shape index (κ3) is 5.01. The molecule has 0 unspecified atom stereocenters. The second kappa shape index (κ2) is 7.18. The van der Waals surface area contributed by atoms with Gasteiger partial charge in [0, 0.05) is 0 Å². The summed E-state index contributed by atoms with van der Waals surface area (Å²) < 4.78 is 6.86. The molecule has 102 valence electrons. The first kappa shape index (κ1) is 15.6. The molecule has 0 N–H and O–H groups in total. The molecular formula is C16H25BrO. The summed E-state index contributed by atoms with van der Waals surface area (Å²) in [6.07, 6.45) is 4.97. The fourth-order valence-corrected chi connectivity index (χ4v) is 2.29. The van der Waals surface area contributed by atoms with Crippen LogP contribution in [0.4, 0.5) is 0 Å². The van der Waals surface area contributed by atoms with Gasteiger partial charge in [-0.05, 0) is 45.5 Å². The Labute approximate surface area is 120 Å². The van der Waals surface area contributed by atoms with Crippen LogP contribution in [0.2, 0.25) is 0 Å². The van der Waals surface area contributed by atoms with E-state index >= 15 is 0 Å². The molecule has 0 bridgehead atoms. The molecule has 0 aliphatic heterocycles. The Morgan fingerprint density at radius 1 is 1.11 bits per heavy atom. The summed E-state index contributed by atoms with van der Waals surface area (Å²) in [5.41, 5.74) is 1.51. The quantitative estimate of drug-likeness (QED) is 0.612. The van der Waals surface area contributed by atoms with Gasteiger partial charge < -0.3 is 4.74 Å². The van der Waals surface area contributed by atoms with Crippen molar-refractivity contribution in [1.29, 1.82) is 0 Å². The minimum Gasteiger partial charge on any atom is -0.492 e. The molecule has 18 heavy (non-hydrogen) atoms. The Morgan fingerprint density at radius 2 is 1.83 bits per heavy atom. The van der Waals surface area contributed by atoms with E-state index in [4.69, 9.17) is 4.74 Å². The zero-order valence-electron chi connectivity index (χ0n) is 12.1. The van der Waals surface area contributed by atoms with Crippen molar-refractivity contribution in [3.8, 4) is 5.75 Å². The maximum Gasteiger partial charge on any atom is 0.133 e. The smallest absolute Gasteiger partial charge is 0.133 e. The summed E-state index contributed by atoms with van der Waals surface area (Å²) in [7, 11) is 0. The van der Waals surface area contributed by atoms with E-state index in [0.717, 1.165) is 23.2 Å². The molecule has 2 heteroatoms. The van der Waals surface area contributed by atoms with E-state index in [1.165, 1.54) is 24.8 Å². The van der Waals surface area contributed by atoms with Crippen LogP contribution in [0.3, 0.4) is 0 Å². The van der Waals surface area contributed by atoms with Gasteiger partial charge in [-0.3, -0.25) is 0 Å². The minimum atomic E-state index is 0.183. The minimum absolute atomic E-state index is 0.183. The molecule has 0 heterocycles. The molecule has 1 aromatic rings. The summed E-state index contributed by atoms with van der Waals surface area (Å²) in [5, 5.41) is 0. The summed E-state index contributed by atoms with van der Waals surface area (Å²) in [5.74, 6) is 0.958. The van der Waals surface area contributed by atoms with Crippen molar-refractivity contribution in [3.63, 3.8) is 0 Å². The molecule has 0 aromatic heterocycles. The fourth-order valence-electron chi connectivity index (χ4n) is 1.80. The molecule has 0 saturated carbocycles. The van der Waals surface area contributed by atoms with E-state index in [1.54, 1.807) is 0 Å². The number of benzene rings is 1. The number of hydrogen-bond donors (Lipinski definition) is 0. The zero-order chi connectivity index (χ0) is 13.6. The van der Waals surface area contributed by atoms with Gasteiger partial charge in [-0.1, -0.05) is 53.0 Å². The van der Waals surface area contributed by atoms with Crippen molar-refractivity contribution in [3.05, 3.63) is 28.2 Å². The Bertz CT molecular complexity index is 366. The van der Waals surface area contributed by atoms with Gasteiger partial charge in [-0.2, -0.15) is 0 Å². The highest BCUT2D eigenvalue weighted by molar-refractivity contribution is 9.10. The first-order chi connectivity index (χ1) is 8.45. The van der Waals surface area contributed by atoms with Crippen molar-refractivity contribution in [2.45, 2.75) is 58.8 Å². The molecule has 0 aliphatic rings. The highest BCUT2D eigenvalue weighted by atomic mass is 79.9. The zero-order valence-corrected chi connectivity index (χ0v) is 13.6. The van der Waals surface area contributed by atoms with Crippen LogP contribution in [0.25, 0.3) is 0 Å².